The van der Waals surface area contributed by atoms with Gasteiger partial charge < -0.3 is 10.6 Å². The Bertz CT molecular complexity index is 659. The van der Waals surface area contributed by atoms with E-state index in [0.717, 1.165) is 24.0 Å². The summed E-state index contributed by atoms with van der Waals surface area (Å²) in [6, 6.07) is 8.51. The molecule has 1 amide bonds. The van der Waals surface area contributed by atoms with Crippen LogP contribution in [0.5, 0.6) is 0 Å². The average molecular weight is 402 g/mol. The van der Waals surface area contributed by atoms with Crippen LogP contribution in [-0.2, 0) is 30.8 Å². The first-order valence-corrected chi connectivity index (χ1v) is 8.69. The number of amides is 1. The maximum atomic E-state index is 11.9. The molecule has 2 heterocycles. The van der Waals surface area contributed by atoms with Gasteiger partial charge in [-0.3, -0.25) is 4.79 Å². The highest BCUT2D eigenvalue weighted by molar-refractivity contribution is 9.10. The molecular formula is C16H18BrClN2OS. The molecule has 0 unspecified atom stereocenters. The number of aryl methyl sites for hydroxylation is 1. The number of fused-ring (bicyclic) bond motifs is 1. The highest BCUT2D eigenvalue weighted by Gasteiger charge is 2.10. The molecule has 0 aliphatic carbocycles. The van der Waals surface area contributed by atoms with Crippen molar-refractivity contribution in [3.8, 4) is 0 Å². The van der Waals surface area contributed by atoms with Gasteiger partial charge in [0.25, 0.3) is 0 Å². The first kappa shape index (κ1) is 17.5. The second-order valence-corrected chi connectivity index (χ2v) is 7.13. The van der Waals surface area contributed by atoms with Crippen LogP contribution < -0.4 is 10.6 Å². The van der Waals surface area contributed by atoms with Crippen molar-refractivity contribution < 1.29 is 4.79 Å². The molecule has 2 aromatic rings. The maximum absolute atomic E-state index is 11.9. The number of carbonyl (C=O) groups excluding carboxylic acids is 1. The Morgan fingerprint density at radius 1 is 1.27 bits per heavy atom. The molecule has 0 saturated carbocycles. The highest BCUT2D eigenvalue weighted by Crippen LogP contribution is 2.21. The van der Waals surface area contributed by atoms with Gasteiger partial charge in [-0.15, -0.1) is 23.7 Å². The van der Waals surface area contributed by atoms with E-state index in [1.165, 1.54) is 21.6 Å². The predicted octanol–water partition coefficient (Wildman–Crippen LogP) is 3.78. The summed E-state index contributed by atoms with van der Waals surface area (Å²) in [5.74, 6) is 0.109. The van der Waals surface area contributed by atoms with Gasteiger partial charge in [0.15, 0.2) is 0 Å². The molecule has 0 atom stereocenters. The van der Waals surface area contributed by atoms with Crippen LogP contribution in [0.1, 0.15) is 28.0 Å². The zero-order valence-corrected chi connectivity index (χ0v) is 15.2. The molecule has 0 fully saturated rings. The number of nitrogens with one attached hydrogen (secondary N) is 2. The topological polar surface area (TPSA) is 41.1 Å². The Balaban J connectivity index is 0.00000176. The lowest BCUT2D eigenvalue weighted by Crippen LogP contribution is -2.22. The van der Waals surface area contributed by atoms with Crippen molar-refractivity contribution in [1.82, 2.24) is 10.6 Å². The Labute approximate surface area is 149 Å². The summed E-state index contributed by atoms with van der Waals surface area (Å²) in [7, 11) is 0. The van der Waals surface area contributed by atoms with Gasteiger partial charge in [0.1, 0.15) is 0 Å². The Morgan fingerprint density at radius 3 is 2.86 bits per heavy atom. The van der Waals surface area contributed by atoms with E-state index in [9.17, 15) is 4.79 Å². The standard InChI is InChI=1S/C16H17BrN2OS.ClH/c17-14-6-15(21-10-14)3-4-16(20)19-7-11-1-2-12-8-18-9-13(12)5-11;/h1-2,5-6,10,18H,3-4,7-9H2,(H,19,20);1H. The Kier molecular flexibility index (Phi) is 6.44. The highest BCUT2D eigenvalue weighted by atomic mass is 79.9. The molecule has 1 aromatic heterocycles. The van der Waals surface area contributed by atoms with Crippen LogP contribution in [0.15, 0.2) is 34.1 Å². The van der Waals surface area contributed by atoms with Gasteiger partial charge in [-0.2, -0.15) is 0 Å². The first-order chi connectivity index (χ1) is 10.2. The minimum Gasteiger partial charge on any atom is -0.352 e. The largest absolute Gasteiger partial charge is 0.352 e. The van der Waals surface area contributed by atoms with Crippen molar-refractivity contribution in [1.29, 1.82) is 0 Å². The average Bonchev–Trinajstić information content (AvgIpc) is 3.10. The van der Waals surface area contributed by atoms with Crippen molar-refractivity contribution in [3.05, 3.63) is 55.7 Å². The van der Waals surface area contributed by atoms with Gasteiger partial charge in [0.2, 0.25) is 5.91 Å². The third-order valence-corrected chi connectivity index (χ3v) is 5.37. The van der Waals surface area contributed by atoms with Gasteiger partial charge >= 0.3 is 0 Å². The molecule has 6 heteroatoms. The SMILES string of the molecule is Cl.O=C(CCc1cc(Br)cs1)NCc1ccc2c(c1)CNC2. The Morgan fingerprint density at radius 2 is 2.09 bits per heavy atom. The molecule has 22 heavy (non-hydrogen) atoms. The van der Waals surface area contributed by atoms with E-state index in [0.29, 0.717) is 13.0 Å². The molecule has 2 N–H and O–H groups in total. The zero-order chi connectivity index (χ0) is 14.7. The van der Waals surface area contributed by atoms with Crippen LogP contribution in [0.3, 0.4) is 0 Å². The van der Waals surface area contributed by atoms with Gasteiger partial charge in [0, 0.05) is 40.8 Å². The maximum Gasteiger partial charge on any atom is 0.220 e. The van der Waals surface area contributed by atoms with Crippen molar-refractivity contribution >= 4 is 45.6 Å². The van der Waals surface area contributed by atoms with Gasteiger partial charge in [0.05, 0.1) is 0 Å². The number of halogens is 2. The molecule has 0 bridgehead atoms. The van der Waals surface area contributed by atoms with Gasteiger partial charge in [-0.25, -0.2) is 0 Å². The fraction of sp³-hybridized carbons (Fsp3) is 0.312. The molecule has 1 aliphatic heterocycles. The van der Waals surface area contributed by atoms with Crippen LogP contribution >= 0.6 is 39.7 Å². The third-order valence-electron chi connectivity index (χ3n) is 3.61. The van der Waals surface area contributed by atoms with E-state index in [-0.39, 0.29) is 18.3 Å². The second-order valence-electron chi connectivity index (χ2n) is 5.21. The van der Waals surface area contributed by atoms with Crippen molar-refractivity contribution in [2.45, 2.75) is 32.5 Å². The minimum atomic E-state index is 0. The summed E-state index contributed by atoms with van der Waals surface area (Å²) >= 11 is 5.12. The van der Waals surface area contributed by atoms with E-state index in [1.807, 2.05) is 5.38 Å². The van der Waals surface area contributed by atoms with Crippen molar-refractivity contribution in [3.63, 3.8) is 0 Å². The van der Waals surface area contributed by atoms with E-state index in [4.69, 9.17) is 0 Å². The molecule has 0 radical (unpaired) electrons. The molecular weight excluding hydrogens is 384 g/mol. The third kappa shape index (κ3) is 4.56. The van der Waals surface area contributed by atoms with Crippen molar-refractivity contribution in [2.24, 2.45) is 0 Å². The molecule has 3 rings (SSSR count). The number of hydrogen-bond donors (Lipinski definition) is 2. The molecule has 118 valence electrons. The fourth-order valence-electron chi connectivity index (χ4n) is 2.47. The summed E-state index contributed by atoms with van der Waals surface area (Å²) in [6.45, 7) is 2.50. The molecule has 1 aliphatic rings. The summed E-state index contributed by atoms with van der Waals surface area (Å²) in [5, 5.41) is 8.38. The summed E-state index contributed by atoms with van der Waals surface area (Å²) in [5.41, 5.74) is 3.89. The van der Waals surface area contributed by atoms with E-state index in [1.54, 1.807) is 11.3 Å². The number of carbonyl (C=O) groups is 1. The summed E-state index contributed by atoms with van der Waals surface area (Å²) in [6.07, 6.45) is 1.34. The Hall–Kier alpha value is -0.880. The quantitative estimate of drug-likeness (QED) is 0.800. The number of benzene rings is 1. The molecule has 3 nitrogen and oxygen atoms in total. The van der Waals surface area contributed by atoms with Crippen LogP contribution in [0.2, 0.25) is 0 Å². The smallest absolute Gasteiger partial charge is 0.220 e. The van der Waals surface area contributed by atoms with E-state index < -0.39 is 0 Å². The normalized spacial score (nSPS) is 12.6. The van der Waals surface area contributed by atoms with Crippen LogP contribution in [-0.4, -0.2) is 5.91 Å². The second kappa shape index (κ2) is 8.11. The molecule has 0 spiro atoms. The monoisotopic (exact) mass is 400 g/mol. The van der Waals surface area contributed by atoms with Crippen LogP contribution in [0, 0.1) is 0 Å². The number of rotatable bonds is 5. The molecule has 1 aromatic carbocycles. The van der Waals surface area contributed by atoms with Crippen LogP contribution in [0.4, 0.5) is 0 Å². The van der Waals surface area contributed by atoms with E-state index >= 15 is 0 Å². The summed E-state index contributed by atoms with van der Waals surface area (Å²) < 4.78 is 1.09. The lowest BCUT2D eigenvalue weighted by atomic mass is 10.1. The summed E-state index contributed by atoms with van der Waals surface area (Å²) in [4.78, 5) is 13.1. The molecule has 0 saturated heterocycles. The van der Waals surface area contributed by atoms with Gasteiger partial charge in [-0.05, 0) is 45.1 Å². The predicted molar refractivity (Wildman–Crippen MR) is 96.4 cm³/mol. The lowest BCUT2D eigenvalue weighted by molar-refractivity contribution is -0.121. The zero-order valence-electron chi connectivity index (χ0n) is 12.0. The first-order valence-electron chi connectivity index (χ1n) is 7.02. The number of thiophene rings is 1. The fourth-order valence-corrected chi connectivity index (χ4v) is 3.92. The van der Waals surface area contributed by atoms with Crippen molar-refractivity contribution in [2.75, 3.05) is 0 Å². The lowest BCUT2D eigenvalue weighted by Gasteiger charge is -2.07. The number of hydrogen-bond acceptors (Lipinski definition) is 3. The van der Waals surface area contributed by atoms with Gasteiger partial charge in [-0.1, -0.05) is 18.2 Å². The van der Waals surface area contributed by atoms with E-state index in [2.05, 4.69) is 50.8 Å². The minimum absolute atomic E-state index is 0. The van der Waals surface area contributed by atoms with Crippen LogP contribution in [0.25, 0.3) is 0 Å².